The third-order valence-corrected chi connectivity index (χ3v) is 2.69. The van der Waals surface area contributed by atoms with Crippen LogP contribution >= 0.6 is 34.2 Å². The van der Waals surface area contributed by atoms with Crippen LogP contribution in [-0.2, 0) is 16.0 Å². The number of esters is 1. The van der Waals surface area contributed by atoms with E-state index in [-0.39, 0.29) is 12.4 Å². The van der Waals surface area contributed by atoms with Crippen LogP contribution in [-0.4, -0.2) is 12.6 Å². The van der Waals surface area contributed by atoms with Crippen LogP contribution in [0.15, 0.2) is 18.2 Å². The molecule has 0 radical (unpaired) electrons. The highest BCUT2D eigenvalue weighted by Crippen LogP contribution is 2.19. The van der Waals surface area contributed by atoms with Crippen LogP contribution in [0.25, 0.3) is 0 Å². The Balaban J connectivity index is 2.75. The van der Waals surface area contributed by atoms with E-state index in [0.717, 1.165) is 9.13 Å². The van der Waals surface area contributed by atoms with Crippen molar-refractivity contribution >= 4 is 40.2 Å². The van der Waals surface area contributed by atoms with E-state index in [1.165, 1.54) is 0 Å². The summed E-state index contributed by atoms with van der Waals surface area (Å²) in [4.78, 5) is 11.2. The van der Waals surface area contributed by atoms with Crippen LogP contribution in [0, 0.1) is 3.57 Å². The van der Waals surface area contributed by atoms with Crippen LogP contribution in [0.5, 0.6) is 0 Å². The lowest BCUT2D eigenvalue weighted by molar-refractivity contribution is -0.142. The van der Waals surface area contributed by atoms with E-state index in [9.17, 15) is 4.79 Å². The Morgan fingerprint density at radius 1 is 1.57 bits per heavy atom. The first-order valence-corrected chi connectivity index (χ1v) is 5.68. The van der Waals surface area contributed by atoms with Gasteiger partial charge in [-0.25, -0.2) is 0 Å². The van der Waals surface area contributed by atoms with Gasteiger partial charge in [0.25, 0.3) is 0 Å². The highest BCUT2D eigenvalue weighted by Gasteiger charge is 2.07. The van der Waals surface area contributed by atoms with Crippen molar-refractivity contribution in [2.45, 2.75) is 13.3 Å². The molecule has 14 heavy (non-hydrogen) atoms. The molecule has 1 aromatic rings. The number of carbonyl (C=O) groups is 1. The molecule has 0 heterocycles. The van der Waals surface area contributed by atoms with Crippen molar-refractivity contribution in [3.8, 4) is 0 Å². The smallest absolute Gasteiger partial charge is 0.310 e. The van der Waals surface area contributed by atoms with E-state index >= 15 is 0 Å². The molecule has 0 saturated heterocycles. The molecule has 1 rings (SSSR count). The fraction of sp³-hybridized carbons (Fsp3) is 0.300. The zero-order valence-corrected chi connectivity index (χ0v) is 10.6. The molecule has 0 aliphatic heterocycles. The molecule has 0 aliphatic rings. The van der Waals surface area contributed by atoms with E-state index in [1.807, 2.05) is 12.1 Å². The van der Waals surface area contributed by atoms with Crippen molar-refractivity contribution in [3.63, 3.8) is 0 Å². The molecule has 0 saturated carbocycles. The predicted octanol–water partition coefficient (Wildman–Crippen LogP) is 3.05. The van der Waals surface area contributed by atoms with Gasteiger partial charge in [0.05, 0.1) is 13.0 Å². The molecule has 0 bridgehead atoms. The molecular formula is C10H10ClIO2. The third-order valence-electron chi connectivity index (χ3n) is 1.65. The minimum Gasteiger partial charge on any atom is -0.466 e. The summed E-state index contributed by atoms with van der Waals surface area (Å²) in [6, 6.07) is 5.58. The van der Waals surface area contributed by atoms with Gasteiger partial charge in [0.1, 0.15) is 0 Å². The first-order chi connectivity index (χ1) is 6.63. The Labute approximate surface area is 102 Å². The predicted molar refractivity (Wildman–Crippen MR) is 64.5 cm³/mol. The molecule has 1 aromatic carbocycles. The molecule has 0 amide bonds. The summed E-state index contributed by atoms with van der Waals surface area (Å²) in [5.74, 6) is -0.239. The maximum atomic E-state index is 11.2. The SMILES string of the molecule is CCOC(=O)Cc1cc(I)ccc1Cl. The van der Waals surface area contributed by atoms with Crippen molar-refractivity contribution in [2.75, 3.05) is 6.61 Å². The number of hydrogen-bond acceptors (Lipinski definition) is 2. The van der Waals surface area contributed by atoms with Crippen molar-refractivity contribution in [3.05, 3.63) is 32.4 Å². The van der Waals surface area contributed by atoms with Crippen LogP contribution in [0.4, 0.5) is 0 Å². The van der Waals surface area contributed by atoms with Crippen LogP contribution in [0.2, 0.25) is 5.02 Å². The van der Waals surface area contributed by atoms with Crippen molar-refractivity contribution in [1.82, 2.24) is 0 Å². The van der Waals surface area contributed by atoms with Crippen molar-refractivity contribution in [2.24, 2.45) is 0 Å². The normalized spacial score (nSPS) is 9.93. The summed E-state index contributed by atoms with van der Waals surface area (Å²) in [5.41, 5.74) is 0.817. The van der Waals surface area contributed by atoms with Gasteiger partial charge in [-0.05, 0) is 53.3 Å². The Hall–Kier alpha value is -0.290. The Morgan fingerprint density at radius 2 is 2.29 bits per heavy atom. The molecule has 0 atom stereocenters. The Kier molecular flexibility index (Phi) is 4.68. The van der Waals surface area contributed by atoms with E-state index < -0.39 is 0 Å². The van der Waals surface area contributed by atoms with Gasteiger partial charge >= 0.3 is 5.97 Å². The van der Waals surface area contributed by atoms with Crippen LogP contribution in [0.3, 0.4) is 0 Å². The third kappa shape index (κ3) is 3.46. The van der Waals surface area contributed by atoms with Gasteiger partial charge in [0.2, 0.25) is 0 Å². The Bertz CT molecular complexity index is 339. The molecule has 0 spiro atoms. The minimum absolute atomic E-state index is 0.239. The average Bonchev–Trinajstić information content (AvgIpc) is 2.12. The highest BCUT2D eigenvalue weighted by molar-refractivity contribution is 14.1. The molecule has 0 aromatic heterocycles. The lowest BCUT2D eigenvalue weighted by atomic mass is 10.1. The second-order valence-electron chi connectivity index (χ2n) is 2.72. The zero-order chi connectivity index (χ0) is 10.6. The largest absolute Gasteiger partial charge is 0.466 e. The first kappa shape index (κ1) is 11.8. The molecule has 0 unspecified atom stereocenters. The van der Waals surface area contributed by atoms with Gasteiger partial charge in [-0.2, -0.15) is 0 Å². The molecule has 76 valence electrons. The number of halogens is 2. The minimum atomic E-state index is -0.239. The van der Waals surface area contributed by atoms with Gasteiger partial charge in [0.15, 0.2) is 0 Å². The standard InChI is InChI=1S/C10H10ClIO2/c1-2-14-10(13)6-7-5-8(12)3-4-9(7)11/h3-5H,2,6H2,1H3. The Morgan fingerprint density at radius 3 is 2.93 bits per heavy atom. The van der Waals surface area contributed by atoms with Gasteiger partial charge < -0.3 is 4.74 Å². The van der Waals surface area contributed by atoms with E-state index in [1.54, 1.807) is 13.0 Å². The fourth-order valence-corrected chi connectivity index (χ4v) is 1.79. The summed E-state index contributed by atoms with van der Waals surface area (Å²) in [7, 11) is 0. The van der Waals surface area contributed by atoms with Crippen LogP contribution < -0.4 is 0 Å². The summed E-state index contributed by atoms with van der Waals surface area (Å²) in [6.07, 6.45) is 0.240. The van der Waals surface area contributed by atoms with E-state index in [0.29, 0.717) is 11.6 Å². The second-order valence-corrected chi connectivity index (χ2v) is 4.37. The summed E-state index contributed by atoms with van der Waals surface area (Å²) in [6.45, 7) is 2.19. The van der Waals surface area contributed by atoms with Crippen LogP contribution in [0.1, 0.15) is 12.5 Å². The molecular weight excluding hydrogens is 314 g/mol. The number of rotatable bonds is 3. The summed E-state index contributed by atoms with van der Waals surface area (Å²) >= 11 is 8.11. The molecule has 0 N–H and O–H groups in total. The lowest BCUT2D eigenvalue weighted by Crippen LogP contribution is -2.07. The number of ether oxygens (including phenoxy) is 1. The molecule has 4 heteroatoms. The van der Waals surface area contributed by atoms with Crippen molar-refractivity contribution in [1.29, 1.82) is 0 Å². The molecule has 0 aliphatic carbocycles. The topological polar surface area (TPSA) is 26.3 Å². The second kappa shape index (κ2) is 5.56. The first-order valence-electron chi connectivity index (χ1n) is 4.23. The maximum absolute atomic E-state index is 11.2. The quantitative estimate of drug-likeness (QED) is 0.631. The molecule has 0 fully saturated rings. The molecule has 2 nitrogen and oxygen atoms in total. The van der Waals surface area contributed by atoms with Gasteiger partial charge in [-0.15, -0.1) is 0 Å². The monoisotopic (exact) mass is 324 g/mol. The van der Waals surface area contributed by atoms with E-state index in [4.69, 9.17) is 16.3 Å². The summed E-state index contributed by atoms with van der Waals surface area (Å²) in [5, 5.41) is 0.610. The number of benzene rings is 1. The summed E-state index contributed by atoms with van der Waals surface area (Å²) < 4.78 is 5.90. The highest BCUT2D eigenvalue weighted by atomic mass is 127. The van der Waals surface area contributed by atoms with Gasteiger partial charge in [-0.3, -0.25) is 4.79 Å². The van der Waals surface area contributed by atoms with E-state index in [2.05, 4.69) is 22.6 Å². The average molecular weight is 325 g/mol. The lowest BCUT2D eigenvalue weighted by Gasteiger charge is -2.04. The maximum Gasteiger partial charge on any atom is 0.310 e. The number of hydrogen-bond donors (Lipinski definition) is 0. The van der Waals surface area contributed by atoms with Gasteiger partial charge in [-0.1, -0.05) is 11.6 Å². The van der Waals surface area contributed by atoms with Gasteiger partial charge in [0, 0.05) is 8.59 Å². The van der Waals surface area contributed by atoms with Crippen molar-refractivity contribution < 1.29 is 9.53 Å². The number of carbonyl (C=O) groups excluding carboxylic acids is 1. The zero-order valence-electron chi connectivity index (χ0n) is 7.72. The fourth-order valence-electron chi connectivity index (χ4n) is 1.05.